The van der Waals surface area contributed by atoms with Crippen molar-refractivity contribution in [1.29, 1.82) is 0 Å². The zero-order valence-corrected chi connectivity index (χ0v) is 12.8. The zero-order chi connectivity index (χ0) is 14.3. The van der Waals surface area contributed by atoms with E-state index < -0.39 is 6.09 Å². The van der Waals surface area contributed by atoms with Gasteiger partial charge in [-0.1, -0.05) is 20.8 Å². The molecule has 1 aromatic carbocycles. The highest BCUT2D eigenvalue weighted by Crippen LogP contribution is 2.21. The van der Waals surface area contributed by atoms with Crippen molar-refractivity contribution in [3.63, 3.8) is 0 Å². The first-order valence-corrected chi connectivity index (χ1v) is 7.04. The van der Waals surface area contributed by atoms with E-state index in [1.165, 1.54) is 0 Å². The molecule has 1 aromatic rings. The summed E-state index contributed by atoms with van der Waals surface area (Å²) >= 11 is 4.18. The molecule has 0 aliphatic carbocycles. The summed E-state index contributed by atoms with van der Waals surface area (Å²) in [5, 5.41) is 2.68. The van der Waals surface area contributed by atoms with Gasteiger partial charge in [0, 0.05) is 10.6 Å². The lowest BCUT2D eigenvalue weighted by Crippen LogP contribution is -2.14. The van der Waals surface area contributed by atoms with Crippen molar-refractivity contribution in [3.8, 4) is 0 Å². The topological polar surface area (TPSA) is 38.3 Å². The average Bonchev–Trinajstić information content (AvgIpc) is 2.30. The molecule has 0 saturated carbocycles. The van der Waals surface area contributed by atoms with Gasteiger partial charge in [0.1, 0.15) is 0 Å². The molecule has 19 heavy (non-hydrogen) atoms. The van der Waals surface area contributed by atoms with E-state index in [0.717, 1.165) is 29.8 Å². The van der Waals surface area contributed by atoms with Crippen molar-refractivity contribution in [2.24, 2.45) is 5.41 Å². The van der Waals surface area contributed by atoms with Crippen molar-refractivity contribution in [3.05, 3.63) is 24.3 Å². The highest BCUT2D eigenvalue weighted by atomic mass is 32.1. The molecule has 0 heterocycles. The van der Waals surface area contributed by atoms with Crippen molar-refractivity contribution in [1.82, 2.24) is 0 Å². The quantitative estimate of drug-likeness (QED) is 0.604. The van der Waals surface area contributed by atoms with Crippen molar-refractivity contribution < 1.29 is 9.53 Å². The molecular weight excluding hydrogens is 258 g/mol. The van der Waals surface area contributed by atoms with Crippen LogP contribution in [0.5, 0.6) is 0 Å². The second-order valence-electron chi connectivity index (χ2n) is 5.83. The Balaban J connectivity index is 2.16. The molecule has 0 aliphatic rings. The average molecular weight is 281 g/mol. The van der Waals surface area contributed by atoms with Gasteiger partial charge in [-0.25, -0.2) is 4.79 Å². The molecule has 0 fully saturated rings. The summed E-state index contributed by atoms with van der Waals surface area (Å²) in [6, 6.07) is 7.23. The SMILES string of the molecule is CC(C)(C)CCCCOC(=O)Nc1ccc(S)cc1. The predicted molar refractivity (Wildman–Crippen MR) is 82.0 cm³/mol. The van der Waals surface area contributed by atoms with Gasteiger partial charge in [-0.15, -0.1) is 12.6 Å². The molecule has 0 radical (unpaired) electrons. The number of carbonyl (C=O) groups excluding carboxylic acids is 1. The fourth-order valence-corrected chi connectivity index (χ4v) is 1.77. The second kappa shape index (κ2) is 7.43. The van der Waals surface area contributed by atoms with E-state index in [4.69, 9.17) is 4.74 Å². The Labute approximate surface area is 121 Å². The zero-order valence-electron chi connectivity index (χ0n) is 11.9. The molecule has 4 heteroatoms. The van der Waals surface area contributed by atoms with Gasteiger partial charge in [-0.2, -0.15) is 0 Å². The predicted octanol–water partition coefficient (Wildman–Crippen LogP) is 4.74. The highest BCUT2D eigenvalue weighted by Gasteiger charge is 2.09. The molecule has 0 unspecified atom stereocenters. The van der Waals surface area contributed by atoms with Crippen LogP contribution in [0.4, 0.5) is 10.5 Å². The summed E-state index contributed by atoms with van der Waals surface area (Å²) in [6.07, 6.45) is 2.72. The van der Waals surface area contributed by atoms with Crippen molar-refractivity contribution in [2.75, 3.05) is 11.9 Å². The van der Waals surface area contributed by atoms with Gasteiger partial charge in [-0.05, 0) is 48.9 Å². The maximum Gasteiger partial charge on any atom is 0.411 e. The smallest absolute Gasteiger partial charge is 0.411 e. The summed E-state index contributed by atoms with van der Waals surface area (Å²) in [6.45, 7) is 7.11. The maximum atomic E-state index is 11.5. The van der Waals surface area contributed by atoms with Gasteiger partial charge in [0.15, 0.2) is 0 Å². The van der Waals surface area contributed by atoms with Crippen LogP contribution in [0.1, 0.15) is 40.0 Å². The number of anilines is 1. The van der Waals surface area contributed by atoms with Crippen LogP contribution in [0.2, 0.25) is 0 Å². The molecule has 0 saturated heterocycles. The third-order valence-electron chi connectivity index (χ3n) is 2.67. The second-order valence-corrected chi connectivity index (χ2v) is 6.34. The molecule has 106 valence electrons. The molecule has 1 amide bonds. The van der Waals surface area contributed by atoms with Crippen molar-refractivity contribution in [2.45, 2.75) is 44.9 Å². The normalized spacial score (nSPS) is 11.2. The van der Waals surface area contributed by atoms with Crippen LogP contribution >= 0.6 is 12.6 Å². The Morgan fingerprint density at radius 1 is 1.21 bits per heavy atom. The molecule has 0 aliphatic heterocycles. The van der Waals surface area contributed by atoms with Crippen molar-refractivity contribution >= 4 is 24.4 Å². The van der Waals surface area contributed by atoms with Gasteiger partial charge in [0.2, 0.25) is 0 Å². The molecule has 0 spiro atoms. The van der Waals surface area contributed by atoms with Crippen LogP contribution in [0, 0.1) is 5.41 Å². The van der Waals surface area contributed by atoms with Crippen LogP contribution in [-0.4, -0.2) is 12.7 Å². The maximum absolute atomic E-state index is 11.5. The van der Waals surface area contributed by atoms with Gasteiger partial charge in [0.05, 0.1) is 6.61 Å². The van der Waals surface area contributed by atoms with Gasteiger partial charge < -0.3 is 4.74 Å². The third-order valence-corrected chi connectivity index (χ3v) is 2.97. The number of amides is 1. The first kappa shape index (κ1) is 15.9. The summed E-state index contributed by atoms with van der Waals surface area (Å²) in [7, 11) is 0. The van der Waals surface area contributed by atoms with E-state index in [1.807, 2.05) is 12.1 Å². The van der Waals surface area contributed by atoms with Gasteiger partial charge in [0.25, 0.3) is 0 Å². The molecule has 0 atom stereocenters. The van der Waals surface area contributed by atoms with Crippen LogP contribution in [0.25, 0.3) is 0 Å². The number of unbranched alkanes of at least 4 members (excludes halogenated alkanes) is 1. The van der Waals surface area contributed by atoms with E-state index in [-0.39, 0.29) is 0 Å². The summed E-state index contributed by atoms with van der Waals surface area (Å²) < 4.78 is 5.12. The van der Waals surface area contributed by atoms with E-state index in [1.54, 1.807) is 12.1 Å². The minimum Gasteiger partial charge on any atom is -0.449 e. The number of nitrogens with one attached hydrogen (secondary N) is 1. The fraction of sp³-hybridized carbons (Fsp3) is 0.533. The van der Waals surface area contributed by atoms with E-state index in [2.05, 4.69) is 38.7 Å². The molecular formula is C15H23NO2S. The number of carbonyl (C=O) groups is 1. The van der Waals surface area contributed by atoms with Crippen LogP contribution in [0.3, 0.4) is 0 Å². The molecule has 1 rings (SSSR count). The van der Waals surface area contributed by atoms with Gasteiger partial charge in [-0.3, -0.25) is 5.32 Å². The Bertz CT molecular complexity index is 396. The lowest BCUT2D eigenvalue weighted by atomic mass is 9.90. The standard InChI is InChI=1S/C15H23NO2S/c1-15(2,3)10-4-5-11-18-14(17)16-12-6-8-13(19)9-7-12/h6-9,19H,4-5,10-11H2,1-3H3,(H,16,17). The summed E-state index contributed by atoms with van der Waals surface area (Å²) in [5.74, 6) is 0. The number of hydrogen-bond donors (Lipinski definition) is 2. The third kappa shape index (κ3) is 7.78. The molecule has 3 nitrogen and oxygen atoms in total. The minimum atomic E-state index is -0.400. The van der Waals surface area contributed by atoms with Crippen LogP contribution in [-0.2, 0) is 4.74 Å². The molecule has 0 bridgehead atoms. The molecule has 1 N–H and O–H groups in total. The Morgan fingerprint density at radius 2 is 1.84 bits per heavy atom. The lowest BCUT2D eigenvalue weighted by Gasteiger charge is -2.17. The van der Waals surface area contributed by atoms with E-state index in [0.29, 0.717) is 12.0 Å². The molecule has 0 aromatic heterocycles. The van der Waals surface area contributed by atoms with Crippen LogP contribution in [0.15, 0.2) is 29.2 Å². The number of benzene rings is 1. The first-order chi connectivity index (χ1) is 8.87. The Kier molecular flexibility index (Phi) is 6.22. The monoisotopic (exact) mass is 281 g/mol. The highest BCUT2D eigenvalue weighted by molar-refractivity contribution is 7.80. The van der Waals surface area contributed by atoms with E-state index in [9.17, 15) is 4.79 Å². The minimum absolute atomic E-state index is 0.344. The number of ether oxygens (including phenoxy) is 1. The van der Waals surface area contributed by atoms with E-state index >= 15 is 0 Å². The summed E-state index contributed by atoms with van der Waals surface area (Å²) in [4.78, 5) is 12.4. The number of rotatable bonds is 5. The fourth-order valence-electron chi connectivity index (χ4n) is 1.62. The Hall–Kier alpha value is -1.16. The number of hydrogen-bond acceptors (Lipinski definition) is 3. The summed E-state index contributed by atoms with van der Waals surface area (Å²) in [5.41, 5.74) is 1.06. The van der Waals surface area contributed by atoms with Crippen LogP contribution < -0.4 is 5.32 Å². The largest absolute Gasteiger partial charge is 0.449 e. The first-order valence-electron chi connectivity index (χ1n) is 6.60. The Morgan fingerprint density at radius 3 is 2.42 bits per heavy atom. The lowest BCUT2D eigenvalue weighted by molar-refractivity contribution is 0.157. The van der Waals surface area contributed by atoms with Gasteiger partial charge >= 0.3 is 6.09 Å². The number of thiol groups is 1.